The van der Waals surface area contributed by atoms with Gasteiger partial charge < -0.3 is 5.32 Å². The van der Waals surface area contributed by atoms with Crippen LogP contribution in [0.4, 0.5) is 11.4 Å². The van der Waals surface area contributed by atoms with E-state index in [4.69, 9.17) is 11.6 Å². The number of anilines is 1. The van der Waals surface area contributed by atoms with E-state index >= 15 is 0 Å². The second-order valence-corrected chi connectivity index (χ2v) is 7.53. The number of nitrogens with zero attached hydrogens (tertiary/aromatic N) is 4. The Balaban J connectivity index is 1.71. The number of hydrogen-bond acceptors (Lipinski definition) is 5. The summed E-state index contributed by atoms with van der Waals surface area (Å²) in [5.74, 6) is -0.704. The fourth-order valence-corrected chi connectivity index (χ4v) is 3.46. The van der Waals surface area contributed by atoms with Gasteiger partial charge in [-0.2, -0.15) is 10.4 Å². The van der Waals surface area contributed by atoms with Crippen LogP contribution >= 0.6 is 11.6 Å². The molecule has 0 saturated carbocycles. The predicted molar refractivity (Wildman–Crippen MR) is 129 cm³/mol. The van der Waals surface area contributed by atoms with Crippen molar-refractivity contribution in [3.8, 4) is 23.0 Å². The highest BCUT2D eigenvalue weighted by molar-refractivity contribution is 6.34. The van der Waals surface area contributed by atoms with E-state index in [2.05, 4.69) is 10.4 Å². The van der Waals surface area contributed by atoms with Gasteiger partial charge in [-0.3, -0.25) is 14.9 Å². The third-order valence-electron chi connectivity index (χ3n) is 4.89. The first-order valence-electron chi connectivity index (χ1n) is 10.0. The molecule has 3 aromatic carbocycles. The molecule has 34 heavy (non-hydrogen) atoms. The summed E-state index contributed by atoms with van der Waals surface area (Å²) in [5.41, 5.74) is 2.56. The molecular formula is C25H16ClN5O3. The van der Waals surface area contributed by atoms with E-state index in [0.29, 0.717) is 11.3 Å². The maximum absolute atomic E-state index is 12.8. The lowest BCUT2D eigenvalue weighted by Crippen LogP contribution is -2.13. The number of benzene rings is 3. The van der Waals surface area contributed by atoms with E-state index in [0.717, 1.165) is 17.3 Å². The highest BCUT2D eigenvalue weighted by atomic mass is 35.5. The summed E-state index contributed by atoms with van der Waals surface area (Å²) in [6.07, 6.45) is 3.19. The van der Waals surface area contributed by atoms with Gasteiger partial charge in [-0.15, -0.1) is 0 Å². The molecule has 0 aliphatic rings. The van der Waals surface area contributed by atoms with Crippen molar-refractivity contribution in [1.82, 2.24) is 9.78 Å². The van der Waals surface area contributed by atoms with Gasteiger partial charge in [-0.05, 0) is 24.3 Å². The number of hydrogen-bond donors (Lipinski definition) is 1. The van der Waals surface area contributed by atoms with E-state index in [1.165, 1.54) is 18.2 Å². The van der Waals surface area contributed by atoms with Crippen molar-refractivity contribution in [2.45, 2.75) is 0 Å². The second kappa shape index (κ2) is 9.81. The summed E-state index contributed by atoms with van der Waals surface area (Å²) >= 11 is 6.07. The first-order valence-corrected chi connectivity index (χ1v) is 10.4. The maximum atomic E-state index is 12.8. The molecule has 0 unspecified atom stereocenters. The molecule has 0 aliphatic heterocycles. The van der Waals surface area contributed by atoms with Crippen LogP contribution in [-0.4, -0.2) is 20.6 Å². The minimum absolute atomic E-state index is 0.0123. The lowest BCUT2D eigenvalue weighted by atomic mass is 10.1. The fraction of sp³-hybridized carbons (Fsp3) is 0. The molecule has 0 aliphatic carbocycles. The first-order chi connectivity index (χ1) is 16.5. The quantitative estimate of drug-likeness (QED) is 0.170. The predicted octanol–water partition coefficient (Wildman–Crippen LogP) is 5.65. The van der Waals surface area contributed by atoms with Crippen molar-refractivity contribution >= 4 is 35.0 Å². The zero-order valence-corrected chi connectivity index (χ0v) is 18.3. The van der Waals surface area contributed by atoms with Gasteiger partial charge in [0.15, 0.2) is 0 Å². The van der Waals surface area contributed by atoms with Crippen molar-refractivity contribution in [3.05, 3.63) is 111 Å². The van der Waals surface area contributed by atoms with E-state index in [9.17, 15) is 20.2 Å². The minimum atomic E-state index is -0.704. The van der Waals surface area contributed by atoms with Crippen LogP contribution in [0.1, 0.15) is 5.56 Å². The van der Waals surface area contributed by atoms with Gasteiger partial charge in [-0.1, -0.05) is 60.1 Å². The zero-order chi connectivity index (χ0) is 24.1. The number of nitrogens with one attached hydrogen (secondary N) is 1. The number of carbonyl (C=O) groups is 1. The number of aromatic nitrogens is 2. The van der Waals surface area contributed by atoms with Gasteiger partial charge in [0.25, 0.3) is 11.6 Å². The Hall–Kier alpha value is -4.74. The largest absolute Gasteiger partial charge is 0.320 e. The Morgan fingerprint density at radius 3 is 2.38 bits per heavy atom. The average molecular weight is 470 g/mol. The molecule has 9 heteroatoms. The molecule has 4 aromatic rings. The number of nitro benzene ring substituents is 1. The van der Waals surface area contributed by atoms with E-state index in [1.807, 2.05) is 66.7 Å². The Labute approximate surface area is 199 Å². The maximum Gasteiger partial charge on any atom is 0.271 e. The van der Waals surface area contributed by atoms with Gasteiger partial charge >= 0.3 is 0 Å². The number of para-hydroxylation sites is 1. The summed E-state index contributed by atoms with van der Waals surface area (Å²) in [6.45, 7) is 0. The molecule has 4 rings (SSSR count). The number of rotatable bonds is 6. The molecule has 0 spiro atoms. The van der Waals surface area contributed by atoms with Gasteiger partial charge in [0, 0.05) is 29.5 Å². The Kier molecular flexibility index (Phi) is 6.48. The standard InChI is InChI=1S/C25H16ClN5O3/c26-22-14-21(31(33)34)11-12-23(22)28-25(32)18(15-27)13-19-16-30(20-9-5-2-6-10-20)29-24(19)17-7-3-1-4-8-17/h1-14,16H,(H,28,32)/b18-13-. The smallest absolute Gasteiger partial charge is 0.271 e. The fourth-order valence-electron chi connectivity index (χ4n) is 3.24. The van der Waals surface area contributed by atoms with Crippen LogP contribution in [0.2, 0.25) is 5.02 Å². The van der Waals surface area contributed by atoms with E-state index < -0.39 is 10.8 Å². The molecule has 1 aromatic heterocycles. The molecular weight excluding hydrogens is 454 g/mol. The Morgan fingerprint density at radius 1 is 1.09 bits per heavy atom. The summed E-state index contributed by atoms with van der Waals surface area (Å²) in [6, 6.07) is 24.4. The highest BCUT2D eigenvalue weighted by Gasteiger charge is 2.17. The van der Waals surface area contributed by atoms with Gasteiger partial charge in [0.2, 0.25) is 0 Å². The molecule has 1 amide bonds. The van der Waals surface area contributed by atoms with Gasteiger partial charge in [0.05, 0.1) is 27.0 Å². The van der Waals surface area contributed by atoms with Crippen LogP contribution in [0.5, 0.6) is 0 Å². The normalized spacial score (nSPS) is 11.0. The molecule has 0 atom stereocenters. The number of halogens is 1. The summed E-state index contributed by atoms with van der Waals surface area (Å²) < 4.78 is 1.67. The van der Waals surface area contributed by atoms with Crippen LogP contribution in [0.25, 0.3) is 23.0 Å². The first kappa shape index (κ1) is 22.5. The SMILES string of the molecule is N#C/C(=C/c1cn(-c2ccccc2)nc1-c1ccccc1)C(=O)Nc1ccc([N+](=O)[O-])cc1Cl. The number of amides is 1. The van der Waals surface area contributed by atoms with Crippen LogP contribution in [0.3, 0.4) is 0 Å². The van der Waals surface area contributed by atoms with Crippen molar-refractivity contribution in [3.63, 3.8) is 0 Å². The summed E-state index contributed by atoms with van der Waals surface area (Å²) in [7, 11) is 0. The van der Waals surface area contributed by atoms with Crippen LogP contribution in [-0.2, 0) is 4.79 Å². The molecule has 8 nitrogen and oxygen atoms in total. The zero-order valence-electron chi connectivity index (χ0n) is 17.6. The van der Waals surface area contributed by atoms with Crippen molar-refractivity contribution < 1.29 is 9.72 Å². The molecule has 0 saturated heterocycles. The van der Waals surface area contributed by atoms with E-state index in [1.54, 1.807) is 10.9 Å². The van der Waals surface area contributed by atoms with Crippen LogP contribution < -0.4 is 5.32 Å². The summed E-state index contributed by atoms with van der Waals surface area (Å²) in [4.78, 5) is 23.1. The number of non-ortho nitro benzene ring substituents is 1. The molecule has 0 fully saturated rings. The van der Waals surface area contributed by atoms with Crippen molar-refractivity contribution in [2.24, 2.45) is 0 Å². The van der Waals surface area contributed by atoms with Gasteiger partial charge in [0.1, 0.15) is 11.6 Å². The van der Waals surface area contributed by atoms with Crippen molar-refractivity contribution in [2.75, 3.05) is 5.32 Å². The number of nitro groups is 1. The lowest BCUT2D eigenvalue weighted by Gasteiger charge is -2.06. The lowest BCUT2D eigenvalue weighted by molar-refractivity contribution is -0.384. The highest BCUT2D eigenvalue weighted by Crippen LogP contribution is 2.28. The molecule has 0 bridgehead atoms. The Morgan fingerprint density at radius 2 is 1.76 bits per heavy atom. The average Bonchev–Trinajstić information content (AvgIpc) is 3.28. The second-order valence-electron chi connectivity index (χ2n) is 7.12. The third-order valence-corrected chi connectivity index (χ3v) is 5.20. The third kappa shape index (κ3) is 4.85. The molecule has 1 N–H and O–H groups in total. The molecule has 0 radical (unpaired) electrons. The monoisotopic (exact) mass is 469 g/mol. The van der Waals surface area contributed by atoms with Crippen molar-refractivity contribution in [1.29, 1.82) is 5.26 Å². The van der Waals surface area contributed by atoms with E-state index in [-0.39, 0.29) is 22.0 Å². The Bertz CT molecular complexity index is 1440. The van der Waals surface area contributed by atoms with Crippen LogP contribution in [0, 0.1) is 21.4 Å². The van der Waals surface area contributed by atoms with Gasteiger partial charge in [-0.25, -0.2) is 4.68 Å². The topological polar surface area (TPSA) is 114 Å². The minimum Gasteiger partial charge on any atom is -0.320 e. The van der Waals surface area contributed by atoms with Crippen LogP contribution in [0.15, 0.2) is 90.6 Å². The number of carbonyl (C=O) groups excluding carboxylic acids is 1. The summed E-state index contributed by atoms with van der Waals surface area (Å²) in [5, 5.41) is 27.8. The molecule has 1 heterocycles. The molecule has 166 valence electrons. The number of nitriles is 1.